The van der Waals surface area contributed by atoms with Crippen LogP contribution in [0.3, 0.4) is 0 Å². The van der Waals surface area contributed by atoms with Gasteiger partial charge in [0.25, 0.3) is 0 Å². The van der Waals surface area contributed by atoms with Crippen molar-refractivity contribution in [1.82, 2.24) is 24.6 Å². The normalized spacial score (nSPS) is 10.9. The monoisotopic (exact) mass is 396 g/mol. The van der Waals surface area contributed by atoms with Crippen LogP contribution in [0.5, 0.6) is 0 Å². The van der Waals surface area contributed by atoms with Gasteiger partial charge in [0, 0.05) is 37.3 Å². The number of anilines is 3. The Balaban J connectivity index is 1.66. The van der Waals surface area contributed by atoms with Crippen molar-refractivity contribution in [2.75, 3.05) is 31.3 Å². The molecule has 0 spiro atoms. The van der Waals surface area contributed by atoms with Crippen molar-refractivity contribution in [2.45, 2.75) is 19.5 Å². The molecule has 9 heteroatoms. The van der Waals surface area contributed by atoms with Crippen LogP contribution in [0.2, 0.25) is 0 Å². The molecule has 1 aromatic carbocycles. The third-order valence-corrected chi connectivity index (χ3v) is 4.26. The van der Waals surface area contributed by atoms with Gasteiger partial charge in [-0.05, 0) is 33.1 Å². The molecule has 0 unspecified atom stereocenters. The van der Waals surface area contributed by atoms with Crippen molar-refractivity contribution in [3.63, 3.8) is 0 Å². The molecule has 152 valence electrons. The van der Waals surface area contributed by atoms with Crippen LogP contribution < -0.4 is 10.6 Å². The summed E-state index contributed by atoms with van der Waals surface area (Å²) in [6, 6.07) is 6.55. The van der Waals surface area contributed by atoms with Crippen LogP contribution in [0, 0.1) is 11.2 Å². The highest BCUT2D eigenvalue weighted by Crippen LogP contribution is 2.17. The zero-order valence-electron chi connectivity index (χ0n) is 16.6. The zero-order chi connectivity index (χ0) is 20.6. The molecule has 0 saturated heterocycles. The lowest BCUT2D eigenvalue weighted by molar-refractivity contribution is 0.380. The van der Waals surface area contributed by atoms with E-state index in [1.165, 1.54) is 6.07 Å². The number of nitrogens with one attached hydrogen (secondary N) is 3. The van der Waals surface area contributed by atoms with Crippen molar-refractivity contribution < 1.29 is 4.39 Å². The highest BCUT2D eigenvalue weighted by atomic mass is 19.1. The molecule has 0 saturated carbocycles. The minimum Gasteiger partial charge on any atom is -0.365 e. The summed E-state index contributed by atoms with van der Waals surface area (Å²) in [6.07, 6.45) is 7.33. The molecule has 2 heterocycles. The number of aryl methyl sites for hydroxylation is 1. The van der Waals surface area contributed by atoms with Gasteiger partial charge in [-0.15, -0.1) is 0 Å². The Labute approximate surface area is 169 Å². The minimum atomic E-state index is -0.287. The molecule has 3 N–H and O–H groups in total. The van der Waals surface area contributed by atoms with Gasteiger partial charge in [-0.25, -0.2) is 9.37 Å². The Morgan fingerprint density at radius 3 is 2.83 bits per heavy atom. The van der Waals surface area contributed by atoms with Crippen molar-refractivity contribution in [3.05, 3.63) is 59.8 Å². The van der Waals surface area contributed by atoms with E-state index in [2.05, 4.69) is 30.6 Å². The van der Waals surface area contributed by atoms with Gasteiger partial charge >= 0.3 is 0 Å². The SMILES string of the molecule is CN(C)CCCn1cc(Nc2ncc(C=N)c(NCc3ccccc3F)n2)cn1. The summed E-state index contributed by atoms with van der Waals surface area (Å²) in [6.45, 7) is 2.07. The molecule has 0 radical (unpaired) electrons. The van der Waals surface area contributed by atoms with Crippen molar-refractivity contribution in [1.29, 1.82) is 5.41 Å². The summed E-state index contributed by atoms with van der Waals surface area (Å²) < 4.78 is 15.7. The quantitative estimate of drug-likeness (QED) is 0.456. The second kappa shape index (κ2) is 9.74. The van der Waals surface area contributed by atoms with Crippen LogP contribution in [-0.2, 0) is 13.1 Å². The van der Waals surface area contributed by atoms with Gasteiger partial charge in [0.1, 0.15) is 11.6 Å². The fourth-order valence-corrected chi connectivity index (χ4v) is 2.75. The van der Waals surface area contributed by atoms with E-state index < -0.39 is 0 Å². The second-order valence-electron chi connectivity index (χ2n) is 6.86. The molecule has 0 atom stereocenters. The molecule has 3 aromatic rings. The summed E-state index contributed by atoms with van der Waals surface area (Å²) >= 11 is 0. The Morgan fingerprint density at radius 2 is 2.07 bits per heavy atom. The van der Waals surface area contributed by atoms with Crippen LogP contribution in [0.4, 0.5) is 21.8 Å². The third-order valence-electron chi connectivity index (χ3n) is 4.26. The summed E-state index contributed by atoms with van der Waals surface area (Å²) in [7, 11) is 4.09. The molecular formula is C20H25FN8. The molecule has 0 fully saturated rings. The van der Waals surface area contributed by atoms with E-state index in [4.69, 9.17) is 5.41 Å². The number of hydrogen-bond acceptors (Lipinski definition) is 7. The molecule has 3 rings (SSSR count). The van der Waals surface area contributed by atoms with Crippen LogP contribution in [0.25, 0.3) is 0 Å². The van der Waals surface area contributed by atoms with Crippen LogP contribution in [-0.4, -0.2) is 51.5 Å². The number of aromatic nitrogens is 4. The van der Waals surface area contributed by atoms with Crippen LogP contribution in [0.15, 0.2) is 42.9 Å². The molecule has 8 nitrogen and oxygen atoms in total. The molecule has 29 heavy (non-hydrogen) atoms. The number of hydrogen-bond donors (Lipinski definition) is 3. The Kier molecular flexibility index (Phi) is 6.85. The molecule has 2 aromatic heterocycles. The summed E-state index contributed by atoms with van der Waals surface area (Å²) in [5, 5.41) is 18.1. The van der Waals surface area contributed by atoms with E-state index >= 15 is 0 Å². The highest BCUT2D eigenvalue weighted by molar-refractivity contribution is 5.84. The summed E-state index contributed by atoms with van der Waals surface area (Å²) in [5.41, 5.74) is 1.82. The number of halogens is 1. The molecule has 0 bridgehead atoms. The molecule has 0 aliphatic rings. The molecular weight excluding hydrogens is 371 g/mol. The maximum Gasteiger partial charge on any atom is 0.229 e. The van der Waals surface area contributed by atoms with Gasteiger partial charge in [0.15, 0.2) is 0 Å². The first-order valence-electron chi connectivity index (χ1n) is 9.34. The molecule has 0 amide bonds. The van der Waals surface area contributed by atoms with Gasteiger partial charge in [-0.1, -0.05) is 18.2 Å². The smallest absolute Gasteiger partial charge is 0.229 e. The van der Waals surface area contributed by atoms with Gasteiger partial charge < -0.3 is 20.9 Å². The second-order valence-corrected chi connectivity index (χ2v) is 6.86. The van der Waals surface area contributed by atoms with Gasteiger partial charge in [0.05, 0.1) is 17.4 Å². The minimum absolute atomic E-state index is 0.258. The topological polar surface area (TPSA) is 94.8 Å². The van der Waals surface area contributed by atoms with Crippen molar-refractivity contribution in [2.24, 2.45) is 0 Å². The largest absolute Gasteiger partial charge is 0.365 e. The Bertz CT molecular complexity index is 953. The average Bonchev–Trinajstić information content (AvgIpc) is 3.14. The first-order valence-corrected chi connectivity index (χ1v) is 9.34. The van der Waals surface area contributed by atoms with E-state index in [9.17, 15) is 4.39 Å². The first-order chi connectivity index (χ1) is 14.0. The number of benzene rings is 1. The predicted octanol–water partition coefficient (Wildman–Crippen LogP) is 3.12. The summed E-state index contributed by atoms with van der Waals surface area (Å²) in [5.74, 6) is 0.545. The molecule has 0 aliphatic heterocycles. The molecule has 0 aliphatic carbocycles. The van der Waals surface area contributed by atoms with Crippen LogP contribution >= 0.6 is 0 Å². The Hall–Kier alpha value is -3.33. The van der Waals surface area contributed by atoms with Gasteiger partial charge in [0.2, 0.25) is 5.95 Å². The fraction of sp³-hybridized carbons (Fsp3) is 0.300. The average molecular weight is 396 g/mol. The maximum absolute atomic E-state index is 13.8. The standard InChI is InChI=1S/C20H25FN8/c1-28(2)8-5-9-29-14-17(13-25-29)26-20-24-12-16(10-22)19(27-20)23-11-15-6-3-4-7-18(15)21/h3-4,6-7,10,12-14,22H,5,8-9,11H2,1-2H3,(H2,23,24,26,27). The van der Waals surface area contributed by atoms with Gasteiger partial charge in [-0.2, -0.15) is 10.1 Å². The summed E-state index contributed by atoms with van der Waals surface area (Å²) in [4.78, 5) is 10.8. The van der Waals surface area contributed by atoms with E-state index in [1.807, 2.05) is 25.0 Å². The van der Waals surface area contributed by atoms with E-state index in [0.29, 0.717) is 22.9 Å². The van der Waals surface area contributed by atoms with Crippen LogP contribution in [0.1, 0.15) is 17.5 Å². The first kappa shape index (κ1) is 20.4. The van der Waals surface area contributed by atoms with E-state index in [1.54, 1.807) is 30.6 Å². The van der Waals surface area contributed by atoms with E-state index in [-0.39, 0.29) is 12.4 Å². The lowest BCUT2D eigenvalue weighted by Gasteiger charge is -2.11. The number of nitrogens with zero attached hydrogens (tertiary/aromatic N) is 5. The Morgan fingerprint density at radius 1 is 1.24 bits per heavy atom. The van der Waals surface area contributed by atoms with Gasteiger partial charge in [-0.3, -0.25) is 4.68 Å². The fourth-order valence-electron chi connectivity index (χ4n) is 2.75. The lowest BCUT2D eigenvalue weighted by Crippen LogP contribution is -2.15. The lowest BCUT2D eigenvalue weighted by atomic mass is 10.2. The predicted molar refractivity (Wildman–Crippen MR) is 112 cm³/mol. The van der Waals surface area contributed by atoms with Crippen molar-refractivity contribution in [3.8, 4) is 0 Å². The van der Waals surface area contributed by atoms with E-state index in [0.717, 1.165) is 31.4 Å². The highest BCUT2D eigenvalue weighted by Gasteiger charge is 2.08. The maximum atomic E-state index is 13.8. The van der Waals surface area contributed by atoms with Crippen molar-refractivity contribution >= 4 is 23.7 Å². The third kappa shape index (κ3) is 5.82. The number of rotatable bonds is 10. The zero-order valence-corrected chi connectivity index (χ0v) is 16.6.